The van der Waals surface area contributed by atoms with Gasteiger partial charge in [-0.1, -0.05) is 31.4 Å². The van der Waals surface area contributed by atoms with E-state index in [-0.39, 0.29) is 18.7 Å². The van der Waals surface area contributed by atoms with Crippen molar-refractivity contribution in [1.29, 1.82) is 0 Å². The standard InChI is InChI=1S/C17H21BrN2O4/c18-13-7-3-2-6-12(13)16(24)20-19-14(21)10-17(11-15(22)23)8-4-1-5-9-17/h2-3,6-7H,1,4-5,8-11H2,(H,19,21)(H,20,24)(H,22,23). The second-order valence-corrected chi connectivity index (χ2v) is 7.14. The zero-order chi connectivity index (χ0) is 17.6. The van der Waals surface area contributed by atoms with Crippen molar-refractivity contribution in [2.75, 3.05) is 0 Å². The lowest BCUT2D eigenvalue weighted by Gasteiger charge is -2.35. The molecule has 0 unspecified atom stereocenters. The molecule has 0 radical (unpaired) electrons. The van der Waals surface area contributed by atoms with E-state index in [2.05, 4.69) is 26.8 Å². The van der Waals surface area contributed by atoms with Gasteiger partial charge in [-0.25, -0.2) is 0 Å². The summed E-state index contributed by atoms with van der Waals surface area (Å²) in [7, 11) is 0. The molecule has 130 valence electrons. The summed E-state index contributed by atoms with van der Waals surface area (Å²) in [5.74, 6) is -1.67. The van der Waals surface area contributed by atoms with E-state index in [1.165, 1.54) is 0 Å². The fraction of sp³-hybridized carbons (Fsp3) is 0.471. The summed E-state index contributed by atoms with van der Waals surface area (Å²) in [6.45, 7) is 0. The molecule has 0 spiro atoms. The molecule has 24 heavy (non-hydrogen) atoms. The highest BCUT2D eigenvalue weighted by Crippen LogP contribution is 2.42. The molecule has 0 aliphatic heterocycles. The summed E-state index contributed by atoms with van der Waals surface area (Å²) < 4.78 is 0.631. The molecule has 1 aliphatic carbocycles. The van der Waals surface area contributed by atoms with Gasteiger partial charge in [0.1, 0.15) is 0 Å². The molecule has 1 aliphatic rings. The van der Waals surface area contributed by atoms with E-state index in [0.717, 1.165) is 32.1 Å². The third-order valence-corrected chi connectivity index (χ3v) is 5.10. The maximum atomic E-state index is 12.2. The number of carbonyl (C=O) groups is 3. The first-order valence-electron chi connectivity index (χ1n) is 7.97. The zero-order valence-electron chi connectivity index (χ0n) is 13.3. The summed E-state index contributed by atoms with van der Waals surface area (Å²) in [6, 6.07) is 6.89. The fourth-order valence-electron chi connectivity index (χ4n) is 3.26. The van der Waals surface area contributed by atoms with Crippen LogP contribution in [0.5, 0.6) is 0 Å². The Kier molecular flexibility index (Phi) is 6.36. The molecular weight excluding hydrogens is 376 g/mol. The van der Waals surface area contributed by atoms with Gasteiger partial charge >= 0.3 is 5.97 Å². The fourth-order valence-corrected chi connectivity index (χ4v) is 3.73. The van der Waals surface area contributed by atoms with Crippen LogP contribution in [0.1, 0.15) is 55.3 Å². The minimum absolute atomic E-state index is 0.0153. The lowest BCUT2D eigenvalue weighted by atomic mass is 9.69. The minimum Gasteiger partial charge on any atom is -0.481 e. The van der Waals surface area contributed by atoms with Crippen LogP contribution in [-0.4, -0.2) is 22.9 Å². The maximum absolute atomic E-state index is 12.2. The van der Waals surface area contributed by atoms with E-state index < -0.39 is 17.3 Å². The Balaban J connectivity index is 1.92. The number of hydrogen-bond donors (Lipinski definition) is 3. The largest absolute Gasteiger partial charge is 0.481 e. The van der Waals surface area contributed by atoms with E-state index >= 15 is 0 Å². The smallest absolute Gasteiger partial charge is 0.303 e. The van der Waals surface area contributed by atoms with Crippen LogP contribution < -0.4 is 10.9 Å². The second kappa shape index (κ2) is 8.28. The Morgan fingerprint density at radius 1 is 1.04 bits per heavy atom. The normalized spacial score (nSPS) is 16.2. The molecule has 0 atom stereocenters. The molecule has 1 fully saturated rings. The number of hydrogen-bond acceptors (Lipinski definition) is 3. The summed E-state index contributed by atoms with van der Waals surface area (Å²) in [6.07, 6.45) is 4.49. The number of aliphatic carboxylic acids is 1. The van der Waals surface area contributed by atoms with Crippen molar-refractivity contribution in [2.24, 2.45) is 5.41 Å². The van der Waals surface area contributed by atoms with E-state index in [4.69, 9.17) is 5.11 Å². The van der Waals surface area contributed by atoms with Crippen LogP contribution >= 0.6 is 15.9 Å². The van der Waals surface area contributed by atoms with Gasteiger partial charge in [-0.3, -0.25) is 25.2 Å². The molecule has 0 bridgehead atoms. The van der Waals surface area contributed by atoms with Crippen LogP contribution in [0.15, 0.2) is 28.7 Å². The van der Waals surface area contributed by atoms with Crippen LogP contribution in [0.25, 0.3) is 0 Å². The Hall–Kier alpha value is -1.89. The molecule has 7 heteroatoms. The van der Waals surface area contributed by atoms with Crippen molar-refractivity contribution >= 4 is 33.7 Å². The summed E-state index contributed by atoms with van der Waals surface area (Å²) in [5, 5.41) is 9.13. The molecular formula is C17H21BrN2O4. The van der Waals surface area contributed by atoms with Crippen LogP contribution in [0.2, 0.25) is 0 Å². The number of nitrogens with one attached hydrogen (secondary N) is 2. The average molecular weight is 397 g/mol. The SMILES string of the molecule is O=C(O)CC1(CC(=O)NNC(=O)c2ccccc2Br)CCCCC1. The van der Waals surface area contributed by atoms with Gasteiger partial charge in [-0.2, -0.15) is 0 Å². The monoisotopic (exact) mass is 396 g/mol. The van der Waals surface area contributed by atoms with Crippen molar-refractivity contribution < 1.29 is 19.5 Å². The highest BCUT2D eigenvalue weighted by atomic mass is 79.9. The van der Waals surface area contributed by atoms with Gasteiger partial charge < -0.3 is 5.11 Å². The minimum atomic E-state index is -0.887. The average Bonchev–Trinajstić information content (AvgIpc) is 2.53. The van der Waals surface area contributed by atoms with Gasteiger partial charge in [0.25, 0.3) is 5.91 Å². The van der Waals surface area contributed by atoms with Crippen molar-refractivity contribution in [3.8, 4) is 0 Å². The van der Waals surface area contributed by atoms with Gasteiger partial charge in [0.05, 0.1) is 12.0 Å². The molecule has 0 aromatic heterocycles. The third kappa shape index (κ3) is 5.06. The first kappa shape index (κ1) is 18.4. The van der Waals surface area contributed by atoms with E-state index in [0.29, 0.717) is 10.0 Å². The van der Waals surface area contributed by atoms with Crippen molar-refractivity contribution in [1.82, 2.24) is 10.9 Å². The first-order chi connectivity index (χ1) is 11.4. The molecule has 0 saturated heterocycles. The lowest BCUT2D eigenvalue weighted by molar-refractivity contribution is -0.141. The van der Waals surface area contributed by atoms with Crippen LogP contribution in [0, 0.1) is 5.41 Å². The molecule has 0 heterocycles. The van der Waals surface area contributed by atoms with E-state index in [1.54, 1.807) is 24.3 Å². The molecule has 1 aromatic carbocycles. The van der Waals surface area contributed by atoms with E-state index in [1.807, 2.05) is 0 Å². The number of amides is 2. The Morgan fingerprint density at radius 3 is 2.33 bits per heavy atom. The van der Waals surface area contributed by atoms with Crippen LogP contribution in [0.4, 0.5) is 0 Å². The van der Waals surface area contributed by atoms with Gasteiger partial charge in [0, 0.05) is 10.9 Å². The van der Waals surface area contributed by atoms with Gasteiger partial charge in [-0.15, -0.1) is 0 Å². The van der Waals surface area contributed by atoms with Crippen LogP contribution in [0.3, 0.4) is 0 Å². The summed E-state index contributed by atoms with van der Waals surface area (Å²) in [5.41, 5.74) is 4.69. The maximum Gasteiger partial charge on any atom is 0.303 e. The molecule has 3 N–H and O–H groups in total. The molecule has 1 saturated carbocycles. The highest BCUT2D eigenvalue weighted by molar-refractivity contribution is 9.10. The zero-order valence-corrected chi connectivity index (χ0v) is 14.9. The van der Waals surface area contributed by atoms with E-state index in [9.17, 15) is 14.4 Å². The van der Waals surface area contributed by atoms with Crippen molar-refractivity contribution in [3.05, 3.63) is 34.3 Å². The summed E-state index contributed by atoms with van der Waals surface area (Å²) in [4.78, 5) is 35.4. The predicted molar refractivity (Wildman–Crippen MR) is 92.1 cm³/mol. The molecule has 2 amide bonds. The quantitative estimate of drug-likeness (QED) is 0.666. The number of rotatable bonds is 5. The number of benzene rings is 1. The number of hydrazine groups is 1. The lowest BCUT2D eigenvalue weighted by Crippen LogP contribution is -2.44. The molecule has 1 aromatic rings. The van der Waals surface area contributed by atoms with Gasteiger partial charge in [0.2, 0.25) is 5.91 Å². The Morgan fingerprint density at radius 2 is 1.71 bits per heavy atom. The van der Waals surface area contributed by atoms with Gasteiger partial charge in [0.15, 0.2) is 0 Å². The third-order valence-electron chi connectivity index (χ3n) is 4.41. The van der Waals surface area contributed by atoms with Crippen molar-refractivity contribution in [3.63, 3.8) is 0 Å². The number of carboxylic acid groups (broad SMARTS) is 1. The number of carbonyl (C=O) groups excluding carboxylic acids is 2. The summed E-state index contributed by atoms with van der Waals surface area (Å²) >= 11 is 3.28. The first-order valence-corrected chi connectivity index (χ1v) is 8.77. The Labute approximate surface area is 149 Å². The molecule has 2 rings (SSSR count). The van der Waals surface area contributed by atoms with Crippen molar-refractivity contribution in [2.45, 2.75) is 44.9 Å². The Bertz CT molecular complexity index is 627. The van der Waals surface area contributed by atoms with Crippen LogP contribution in [-0.2, 0) is 9.59 Å². The number of carboxylic acids is 1. The predicted octanol–water partition coefficient (Wildman–Crippen LogP) is 3.03. The molecule has 6 nitrogen and oxygen atoms in total. The van der Waals surface area contributed by atoms with Gasteiger partial charge in [-0.05, 0) is 46.3 Å². The number of halogens is 1. The highest BCUT2D eigenvalue weighted by Gasteiger charge is 2.36. The topological polar surface area (TPSA) is 95.5 Å². The second-order valence-electron chi connectivity index (χ2n) is 6.29.